The Kier molecular flexibility index (Phi) is 54.2. The lowest BCUT2D eigenvalue weighted by molar-refractivity contribution is -0.0139. The van der Waals surface area contributed by atoms with Gasteiger partial charge in [-0.3, -0.25) is 25.1 Å². The van der Waals surface area contributed by atoms with Crippen LogP contribution >= 0.6 is 0 Å². The minimum absolute atomic E-state index is 0.0377. The minimum atomic E-state index is -5.07. The van der Waals surface area contributed by atoms with Crippen molar-refractivity contribution in [3.8, 4) is 0 Å². The van der Waals surface area contributed by atoms with Gasteiger partial charge in [0.15, 0.2) is 31.5 Å². The molecule has 62 heteroatoms. The predicted octanol–water partition coefficient (Wildman–Crippen LogP) is -18.4. The summed E-state index contributed by atoms with van der Waals surface area (Å²) in [5, 5.41) is 224. The van der Waals surface area contributed by atoms with Crippen molar-refractivity contribution in [2.45, 2.75) is 219 Å². The zero-order valence-corrected chi connectivity index (χ0v) is 74.9. The molecule has 0 radical (unpaired) electrons. The second kappa shape index (κ2) is 54.9. The lowest BCUT2D eigenvalue weighted by Crippen LogP contribution is -2.43. The molecule has 6 saturated heterocycles. The number of hydrogen-bond acceptors (Lipinski definition) is 50. The fourth-order valence-corrected chi connectivity index (χ4v) is 32.2. The van der Waals surface area contributed by atoms with Crippen molar-refractivity contribution in [3.05, 3.63) is 0 Å². The van der Waals surface area contributed by atoms with Crippen LogP contribution in [0.2, 0.25) is 0 Å². The molecular formula is C58H116O50S12. The van der Waals surface area contributed by atoms with Gasteiger partial charge in [-0.15, -0.1) is 0 Å². The van der Waals surface area contributed by atoms with Gasteiger partial charge in [0, 0.05) is 79.6 Å². The van der Waals surface area contributed by atoms with Crippen LogP contribution in [0.3, 0.4) is 0 Å². The highest BCUT2D eigenvalue weighted by molar-refractivity contribution is 7.99. The summed E-state index contributed by atoms with van der Waals surface area (Å²) in [6.07, 6.45) is -26.2. The maximum absolute atomic E-state index is 10.7. The molecule has 0 bridgehead atoms. The summed E-state index contributed by atoms with van der Waals surface area (Å²) in [4.78, 5) is 0. The van der Waals surface area contributed by atoms with E-state index >= 15 is 0 Å². The standard InChI is InChI=1S/C11H22O8S2.C10H20O9S2.C10H20O8S2.C9H18O9S2.2C9H18O8S2/c1-3-8(19-21(15,16)17)9(18-2)6-20-5-7(13)11(14)10(20)4-12;1-18-8(7(2-11)19-21(15,16)17)5-20-4-6(13)10(14)9(20)3-12;1-2-8(18-20(15,16)17)6(12)4-19-5-7(13)10(14)9(19)3-11;10-1-7(18-20(15,16)17)5(12)3-19-4-6(13)9(14)8(19)2-11;2*1-5(17-19(14,15)16)6(11)3-18-4-7(12)9(13)8(18)2-10/h7-14H,3-6H2,1-2H3;6-14H,2-5H2,1H3;6-14H,2-5H2,1H3;5-14H,1-4H2;2*5-13H,2-4H2,1H3/t7-,8+,9-,10-,11+,20?;6-,7+,8-,9-,10+,20?;6-,7-,8+,9-,10+,19?;5-,6-,7+,8-,9+,19?;2*5-,6+,7+,8+,9-,18?/m111100/s1. The van der Waals surface area contributed by atoms with Crippen LogP contribution in [0.15, 0.2) is 0 Å². The second-order valence-corrected chi connectivity index (χ2v) is 47.6. The third-order valence-electron chi connectivity index (χ3n) is 19.0. The first-order valence-corrected chi connectivity index (χ1v) is 53.5. The van der Waals surface area contributed by atoms with Crippen LogP contribution in [-0.4, -0.2) is 514 Å². The van der Waals surface area contributed by atoms with Gasteiger partial charge < -0.3 is 159 Å². The van der Waals surface area contributed by atoms with E-state index in [1.807, 2.05) is 0 Å². The summed E-state index contributed by atoms with van der Waals surface area (Å²) in [7, 11) is -31.1. The number of hydrogen-bond donors (Lipinski definition) is 24. The average molecular weight is 2000 g/mol. The Hall–Kier alpha value is 0.280. The van der Waals surface area contributed by atoms with Gasteiger partial charge in [-0.25, -0.2) is 50.5 Å². The number of ether oxygens (including phenoxy) is 2. The fraction of sp³-hybridized carbons (Fsp3) is 1.00. The van der Waals surface area contributed by atoms with Gasteiger partial charge in [-0.2, -0.15) is 0 Å². The zero-order chi connectivity index (χ0) is 93.0. The van der Waals surface area contributed by atoms with Crippen LogP contribution in [0.4, 0.5) is 0 Å². The maximum atomic E-state index is 10.7. The van der Waals surface area contributed by atoms with Crippen molar-refractivity contribution in [2.24, 2.45) is 0 Å². The summed E-state index contributed by atoms with van der Waals surface area (Å²) in [5.74, 6) is 1.72. The quantitative estimate of drug-likeness (QED) is 0.0153. The van der Waals surface area contributed by atoms with Crippen molar-refractivity contribution in [2.75, 3.05) is 136 Å². The van der Waals surface area contributed by atoms with E-state index < -0.39 is 326 Å². The molecule has 0 aliphatic carbocycles. The van der Waals surface area contributed by atoms with E-state index in [-0.39, 0.29) is 103 Å². The third-order valence-corrected chi connectivity index (χ3v) is 38.9. The topological polar surface area (TPSA) is 903 Å². The molecule has 720 valence electrons. The first-order chi connectivity index (χ1) is 55.1. The Morgan fingerprint density at radius 3 is 0.667 bits per heavy atom. The predicted molar refractivity (Wildman–Crippen MR) is 419 cm³/mol. The second-order valence-electron chi connectivity index (χ2n) is 27.5. The molecule has 0 aromatic carbocycles. The van der Waals surface area contributed by atoms with Crippen molar-refractivity contribution < 1.29 is 235 Å². The van der Waals surface area contributed by atoms with Gasteiger partial charge in [-0.1, -0.05) is 13.8 Å². The van der Waals surface area contributed by atoms with Crippen LogP contribution in [0.25, 0.3) is 0 Å². The molecule has 50 nitrogen and oxygen atoms in total. The molecule has 6 unspecified atom stereocenters. The molecule has 0 amide bonds. The molecule has 6 fully saturated rings. The molecule has 6 rings (SSSR count). The Morgan fingerprint density at radius 1 is 0.283 bits per heavy atom. The van der Waals surface area contributed by atoms with Crippen LogP contribution in [0.5, 0.6) is 0 Å². The molecule has 24 N–H and O–H groups in total. The summed E-state index contributed by atoms with van der Waals surface area (Å²) in [5.41, 5.74) is 0. The monoisotopic (exact) mass is 2000 g/mol. The highest BCUT2D eigenvalue weighted by atomic mass is 32.3. The first kappa shape index (κ1) is 118. The Labute approximate surface area is 712 Å². The molecule has 6 heterocycles. The van der Waals surface area contributed by atoms with E-state index in [0.29, 0.717) is 11.5 Å². The zero-order valence-electron chi connectivity index (χ0n) is 65.1. The molecule has 0 spiro atoms. The highest BCUT2D eigenvalue weighted by Gasteiger charge is 2.56. The van der Waals surface area contributed by atoms with Crippen LogP contribution in [0.1, 0.15) is 40.5 Å². The maximum Gasteiger partial charge on any atom is 0.218 e. The van der Waals surface area contributed by atoms with E-state index in [9.17, 15) is 175 Å². The summed E-state index contributed by atoms with van der Waals surface area (Å²) in [6.45, 7) is 2.01. The molecule has 6 aliphatic rings. The average Bonchev–Trinajstić information content (AvgIpc) is 1.70. The van der Waals surface area contributed by atoms with Crippen LogP contribution in [-0.2, 0) is 162 Å². The normalized spacial score (nSPS) is 34.1. The van der Waals surface area contributed by atoms with E-state index in [0.717, 1.165) is 0 Å². The summed E-state index contributed by atoms with van der Waals surface area (Å²) in [6, 6.07) is 0. The third kappa shape index (κ3) is 41.4. The number of rotatable bonds is 42. The molecule has 120 heavy (non-hydrogen) atoms. The number of methoxy groups -OCH3 is 2. The van der Waals surface area contributed by atoms with Gasteiger partial charge in [0.2, 0.25) is 62.4 Å². The Balaban J connectivity index is 0.000000720. The number of aliphatic hydroxyl groups excluding tert-OH is 24. The van der Waals surface area contributed by atoms with E-state index in [2.05, 4.69) is 25.1 Å². The Bertz CT molecular complexity index is 3350. The fourth-order valence-electron chi connectivity index (χ4n) is 12.5. The SMILES string of the molecule is CC[C@H](OS(=O)(=O)[O-])[C@@H](C[S+]1C[C@@H](O)[C@H](O)[C@H]1CO)OC.CC[C@H](OS(=O)(=O)[O-])[C@H](O)C[S+]1C[C@@H](O)[C@H](O)[C@H]1CO.CO[C@H](C[S+]1C[C@@H](O)[C@H](O)[C@H]1CO)[C@H](CO)OS(=O)(=O)[O-].C[C@H](OS(=O)(=O)[O-])[C@H](O)C[S+]1C[C@@H](O)[C@H](O)[C@H]1CO.C[C@H](OS(=O)(=O)[O-])[C@H](O)C[S+]1C[C@@H](O)[C@H](O)[C@H]1CO.O=S(=O)([O-])O[C@@H](CO)[C@H](O)C[S+]1C[C@@H](O)[C@H](O)[C@H]1CO. The largest absolute Gasteiger partial charge is 0.726 e. The number of aliphatic hydroxyl groups is 24. The summed E-state index contributed by atoms with van der Waals surface area (Å²) >= 11 is 0. The van der Waals surface area contributed by atoms with Crippen LogP contribution < -0.4 is 0 Å². The van der Waals surface area contributed by atoms with E-state index in [4.69, 9.17) is 35.0 Å². The Morgan fingerprint density at radius 2 is 0.467 bits per heavy atom. The van der Waals surface area contributed by atoms with Crippen molar-refractivity contribution >= 4 is 128 Å². The molecule has 0 aromatic heterocycles. The van der Waals surface area contributed by atoms with Gasteiger partial charge in [0.1, 0.15) is 216 Å². The van der Waals surface area contributed by atoms with Gasteiger partial charge >= 0.3 is 0 Å². The highest BCUT2D eigenvalue weighted by Crippen LogP contribution is 2.32. The van der Waals surface area contributed by atoms with Crippen LogP contribution in [0, 0.1) is 0 Å². The van der Waals surface area contributed by atoms with E-state index in [1.54, 1.807) is 13.8 Å². The molecule has 36 atom stereocenters. The van der Waals surface area contributed by atoms with Crippen molar-refractivity contribution in [3.63, 3.8) is 0 Å². The van der Waals surface area contributed by atoms with Gasteiger partial charge in [-0.05, 0) is 26.7 Å². The van der Waals surface area contributed by atoms with E-state index in [1.165, 1.54) is 28.1 Å². The molecular weight excluding hydrogens is 1880 g/mol. The lowest BCUT2D eigenvalue weighted by atomic mass is 10.2. The van der Waals surface area contributed by atoms with Crippen molar-refractivity contribution in [1.82, 2.24) is 0 Å². The smallest absolute Gasteiger partial charge is 0.218 e. The van der Waals surface area contributed by atoms with Gasteiger partial charge in [0.25, 0.3) is 0 Å². The minimum Gasteiger partial charge on any atom is -0.726 e. The lowest BCUT2D eigenvalue weighted by Gasteiger charge is -2.25. The summed E-state index contributed by atoms with van der Waals surface area (Å²) < 4.78 is 225. The molecule has 6 aliphatic heterocycles. The molecule has 0 saturated carbocycles. The molecule has 0 aromatic rings. The van der Waals surface area contributed by atoms with Crippen molar-refractivity contribution in [1.29, 1.82) is 0 Å². The van der Waals surface area contributed by atoms with Gasteiger partial charge in [0.05, 0.1) is 52.9 Å². The first-order valence-electron chi connectivity index (χ1n) is 35.8.